The summed E-state index contributed by atoms with van der Waals surface area (Å²) in [6.07, 6.45) is 1.87. The minimum Gasteiger partial charge on any atom is -0.368 e. The number of nitrogens with zero attached hydrogens (tertiary/aromatic N) is 1. The van der Waals surface area contributed by atoms with Gasteiger partial charge in [-0.15, -0.1) is 0 Å². The lowest BCUT2D eigenvalue weighted by Crippen LogP contribution is -2.62. The molecule has 6 nitrogen and oxygen atoms in total. The van der Waals surface area contributed by atoms with Crippen LogP contribution in [0.2, 0.25) is 0 Å². The molecule has 0 aromatic carbocycles. The van der Waals surface area contributed by atoms with E-state index in [-0.39, 0.29) is 17.4 Å². The number of nitrogens with two attached hydrogens (primary N) is 2. The number of carbonyl (C=O) groups is 1. The van der Waals surface area contributed by atoms with E-state index in [2.05, 4.69) is 0 Å². The summed E-state index contributed by atoms with van der Waals surface area (Å²) < 4.78 is 22.6. The highest BCUT2D eigenvalue weighted by Crippen LogP contribution is 2.38. The van der Waals surface area contributed by atoms with Gasteiger partial charge in [0.15, 0.2) is 9.84 Å². The van der Waals surface area contributed by atoms with Crippen LogP contribution in [0.3, 0.4) is 0 Å². The van der Waals surface area contributed by atoms with Crippen molar-refractivity contribution in [3.8, 4) is 0 Å². The molecule has 98 valence electrons. The average molecular weight is 261 g/mol. The summed E-state index contributed by atoms with van der Waals surface area (Å²) in [6.45, 7) is 1.27. The highest BCUT2D eigenvalue weighted by Gasteiger charge is 2.48. The summed E-state index contributed by atoms with van der Waals surface area (Å²) >= 11 is 0. The van der Waals surface area contributed by atoms with Gasteiger partial charge in [0.1, 0.15) is 5.54 Å². The maximum Gasteiger partial charge on any atom is 0.239 e. The van der Waals surface area contributed by atoms with E-state index < -0.39 is 21.3 Å². The molecule has 1 atom stereocenters. The predicted molar refractivity (Wildman–Crippen MR) is 63.9 cm³/mol. The molecular formula is C10H19N3O3S. The van der Waals surface area contributed by atoms with Crippen LogP contribution in [0.4, 0.5) is 0 Å². The predicted octanol–water partition coefficient (Wildman–Crippen LogP) is -1.69. The molecular weight excluding hydrogens is 242 g/mol. The highest BCUT2D eigenvalue weighted by atomic mass is 32.2. The second kappa shape index (κ2) is 4.22. The maximum atomic E-state index is 11.5. The van der Waals surface area contributed by atoms with E-state index in [4.69, 9.17) is 11.5 Å². The third-order valence-corrected chi connectivity index (χ3v) is 5.30. The molecule has 4 N–H and O–H groups in total. The first-order valence-electron chi connectivity index (χ1n) is 5.85. The van der Waals surface area contributed by atoms with Crippen LogP contribution < -0.4 is 11.5 Å². The smallest absolute Gasteiger partial charge is 0.239 e. The Hall–Kier alpha value is -0.660. The van der Waals surface area contributed by atoms with Gasteiger partial charge in [0, 0.05) is 19.6 Å². The molecule has 17 heavy (non-hydrogen) atoms. The highest BCUT2D eigenvalue weighted by molar-refractivity contribution is 7.91. The minimum absolute atomic E-state index is 0.145. The Bertz CT molecular complexity index is 405. The number of hydrogen-bond donors (Lipinski definition) is 2. The molecule has 0 radical (unpaired) electrons. The van der Waals surface area contributed by atoms with E-state index >= 15 is 0 Å². The second-order valence-corrected chi connectivity index (χ2v) is 7.41. The maximum absolute atomic E-state index is 11.5. The van der Waals surface area contributed by atoms with Gasteiger partial charge in [-0.2, -0.15) is 0 Å². The van der Waals surface area contributed by atoms with Gasteiger partial charge in [0.05, 0.1) is 11.5 Å². The first-order valence-corrected chi connectivity index (χ1v) is 7.67. The lowest BCUT2D eigenvalue weighted by Gasteiger charge is -2.35. The molecule has 2 aliphatic rings. The Morgan fingerprint density at radius 1 is 1.29 bits per heavy atom. The van der Waals surface area contributed by atoms with Crippen LogP contribution in [0.25, 0.3) is 0 Å². The molecule has 0 spiro atoms. The fourth-order valence-electron chi connectivity index (χ4n) is 2.29. The fraction of sp³-hybridized carbons (Fsp3) is 0.900. The summed E-state index contributed by atoms with van der Waals surface area (Å²) in [4.78, 5) is 13.4. The Kier molecular flexibility index (Phi) is 3.17. The zero-order valence-electron chi connectivity index (χ0n) is 9.76. The van der Waals surface area contributed by atoms with Crippen molar-refractivity contribution in [1.29, 1.82) is 0 Å². The van der Waals surface area contributed by atoms with Gasteiger partial charge < -0.3 is 11.5 Å². The van der Waals surface area contributed by atoms with Gasteiger partial charge in [0.2, 0.25) is 5.91 Å². The van der Waals surface area contributed by atoms with Crippen LogP contribution >= 0.6 is 0 Å². The molecule has 1 saturated carbocycles. The number of rotatable bonds is 4. The summed E-state index contributed by atoms with van der Waals surface area (Å²) in [5.74, 6) is -0.0223. The summed E-state index contributed by atoms with van der Waals surface area (Å²) in [5.41, 5.74) is 10.5. The number of amides is 1. The van der Waals surface area contributed by atoms with E-state index in [9.17, 15) is 13.2 Å². The van der Waals surface area contributed by atoms with Crippen molar-refractivity contribution in [2.24, 2.45) is 17.4 Å². The topological polar surface area (TPSA) is 106 Å². The van der Waals surface area contributed by atoms with Gasteiger partial charge in [-0.25, -0.2) is 8.42 Å². The minimum atomic E-state index is -2.89. The van der Waals surface area contributed by atoms with Crippen molar-refractivity contribution >= 4 is 15.7 Å². The lowest BCUT2D eigenvalue weighted by atomic mass is 9.93. The number of sulfone groups is 1. The molecule has 1 aliphatic carbocycles. The zero-order valence-corrected chi connectivity index (χ0v) is 10.6. The quantitative estimate of drug-likeness (QED) is 0.628. The summed E-state index contributed by atoms with van der Waals surface area (Å²) in [6, 6.07) is 0. The van der Waals surface area contributed by atoms with Gasteiger partial charge in [-0.3, -0.25) is 9.69 Å². The molecule has 1 heterocycles. The van der Waals surface area contributed by atoms with Crippen molar-refractivity contribution in [1.82, 2.24) is 4.90 Å². The SMILES string of the molecule is NC(=O)C(N)(CN1CCS(=O)(=O)CC1)C1CC1. The third-order valence-electron chi connectivity index (χ3n) is 3.69. The standard InChI is InChI=1S/C10H19N3O3S/c11-9(14)10(12,8-1-2-8)7-13-3-5-17(15,16)6-4-13/h8H,1-7,12H2,(H2,11,14). The number of primary amides is 1. The molecule has 7 heteroatoms. The first-order chi connectivity index (χ1) is 7.83. The molecule has 1 unspecified atom stereocenters. The molecule has 0 aromatic rings. The van der Waals surface area contributed by atoms with Crippen molar-refractivity contribution in [2.75, 3.05) is 31.1 Å². The number of hydrogen-bond acceptors (Lipinski definition) is 5. The molecule has 2 fully saturated rings. The van der Waals surface area contributed by atoms with Crippen molar-refractivity contribution in [3.63, 3.8) is 0 Å². The fourth-order valence-corrected chi connectivity index (χ4v) is 3.56. The van der Waals surface area contributed by atoms with Crippen LogP contribution in [-0.4, -0.2) is 55.9 Å². The lowest BCUT2D eigenvalue weighted by molar-refractivity contribution is -0.124. The summed E-state index contributed by atoms with van der Waals surface area (Å²) in [7, 11) is -2.89. The zero-order chi connectivity index (χ0) is 12.7. The van der Waals surface area contributed by atoms with Crippen molar-refractivity contribution in [3.05, 3.63) is 0 Å². The Labute approximate surface area is 101 Å². The van der Waals surface area contributed by atoms with Crippen LogP contribution in [-0.2, 0) is 14.6 Å². The van der Waals surface area contributed by atoms with Crippen LogP contribution in [0, 0.1) is 5.92 Å². The molecule has 0 bridgehead atoms. The monoisotopic (exact) mass is 261 g/mol. The molecule has 1 aliphatic heterocycles. The van der Waals surface area contributed by atoms with E-state index in [1.165, 1.54) is 0 Å². The van der Waals surface area contributed by atoms with Gasteiger partial charge >= 0.3 is 0 Å². The number of carbonyl (C=O) groups excluding carboxylic acids is 1. The Balaban J connectivity index is 1.98. The molecule has 1 amide bonds. The van der Waals surface area contributed by atoms with Gasteiger partial charge in [-0.1, -0.05) is 0 Å². The van der Waals surface area contributed by atoms with E-state index in [1.54, 1.807) is 0 Å². The van der Waals surface area contributed by atoms with Gasteiger partial charge in [0.25, 0.3) is 0 Å². The van der Waals surface area contributed by atoms with Crippen LogP contribution in [0.5, 0.6) is 0 Å². The largest absolute Gasteiger partial charge is 0.368 e. The van der Waals surface area contributed by atoms with E-state index in [1.807, 2.05) is 4.90 Å². The third kappa shape index (κ3) is 2.78. The van der Waals surface area contributed by atoms with Crippen molar-refractivity contribution < 1.29 is 13.2 Å². The average Bonchev–Trinajstić information content (AvgIpc) is 3.04. The van der Waals surface area contributed by atoms with E-state index in [0.29, 0.717) is 19.6 Å². The van der Waals surface area contributed by atoms with Crippen LogP contribution in [0.15, 0.2) is 0 Å². The Morgan fingerprint density at radius 2 is 1.82 bits per heavy atom. The molecule has 1 saturated heterocycles. The second-order valence-electron chi connectivity index (χ2n) is 5.11. The molecule has 2 rings (SSSR count). The van der Waals surface area contributed by atoms with Crippen molar-refractivity contribution in [2.45, 2.75) is 18.4 Å². The van der Waals surface area contributed by atoms with E-state index in [0.717, 1.165) is 12.8 Å². The first kappa shape index (κ1) is 12.8. The normalized spacial score (nSPS) is 28.5. The van der Waals surface area contributed by atoms with Gasteiger partial charge in [-0.05, 0) is 18.8 Å². The summed E-state index contributed by atoms with van der Waals surface area (Å²) in [5, 5.41) is 0. The Morgan fingerprint density at radius 3 is 2.24 bits per heavy atom. The molecule has 0 aromatic heterocycles. The van der Waals surface area contributed by atoms with Crippen LogP contribution in [0.1, 0.15) is 12.8 Å².